The van der Waals surface area contributed by atoms with Gasteiger partial charge in [-0.05, 0) is 36.5 Å². The van der Waals surface area contributed by atoms with E-state index in [0.717, 1.165) is 12.8 Å². The Kier molecular flexibility index (Phi) is 3.81. The topological polar surface area (TPSA) is 74.8 Å². The smallest absolute Gasteiger partial charge is 0.235 e. The minimum Gasteiger partial charge on any atom is -0.280 e. The van der Waals surface area contributed by atoms with Crippen molar-refractivity contribution in [3.63, 3.8) is 0 Å². The van der Waals surface area contributed by atoms with Crippen molar-refractivity contribution >= 4 is 23.6 Å². The number of carbonyl (C=O) groups excluding carboxylic acids is 4. The molecule has 4 aliphatic rings. The van der Waals surface area contributed by atoms with Gasteiger partial charge in [0.1, 0.15) is 0 Å². The Labute approximate surface area is 167 Å². The molecule has 2 aliphatic carbocycles. The molecule has 0 aromatic carbocycles. The molecule has 0 spiro atoms. The van der Waals surface area contributed by atoms with E-state index < -0.39 is 10.8 Å². The second-order valence-electron chi connectivity index (χ2n) is 10.9. The van der Waals surface area contributed by atoms with E-state index in [2.05, 4.69) is 0 Å². The van der Waals surface area contributed by atoms with Crippen LogP contribution in [0, 0.1) is 33.5 Å². The molecule has 6 heteroatoms. The summed E-state index contributed by atoms with van der Waals surface area (Å²) < 4.78 is 0. The number of fused-ring (bicyclic) bond motifs is 4. The molecule has 0 unspecified atom stereocenters. The standard InChI is InChI=1S/C22H32N2O4/c1-19(2)13-7-9-21(19,5)17(27)23(15(13)25)11-12-24-16(26)14-8-10-22(6,18(24)28)20(14,3)4/h13-14H,7-12H2,1-6H3/t13-,14-,21-,22-/m1/s1. The fourth-order valence-electron chi connectivity index (χ4n) is 6.43. The normalized spacial score (nSPS) is 41.2. The number of carbonyl (C=O) groups is 4. The van der Waals surface area contributed by atoms with Crippen LogP contribution >= 0.6 is 0 Å². The van der Waals surface area contributed by atoms with Crippen molar-refractivity contribution < 1.29 is 19.2 Å². The molecule has 0 aromatic rings. The highest BCUT2D eigenvalue weighted by molar-refractivity contribution is 6.05. The van der Waals surface area contributed by atoms with Gasteiger partial charge in [-0.1, -0.05) is 41.5 Å². The van der Waals surface area contributed by atoms with Crippen molar-refractivity contribution in [2.24, 2.45) is 33.5 Å². The second kappa shape index (κ2) is 5.45. The third-order valence-corrected chi connectivity index (χ3v) is 9.56. The van der Waals surface area contributed by atoms with E-state index in [9.17, 15) is 19.2 Å². The molecule has 0 aromatic heterocycles. The van der Waals surface area contributed by atoms with Crippen molar-refractivity contribution in [1.82, 2.24) is 9.80 Å². The van der Waals surface area contributed by atoms with E-state index >= 15 is 0 Å². The Hall–Kier alpha value is -1.72. The zero-order valence-electron chi connectivity index (χ0n) is 17.9. The Balaban J connectivity index is 1.56. The van der Waals surface area contributed by atoms with Crippen molar-refractivity contribution in [2.75, 3.05) is 13.1 Å². The van der Waals surface area contributed by atoms with Gasteiger partial charge in [-0.2, -0.15) is 0 Å². The van der Waals surface area contributed by atoms with Crippen LogP contribution in [0.2, 0.25) is 0 Å². The summed E-state index contributed by atoms with van der Waals surface area (Å²) in [5.74, 6) is -0.927. The number of rotatable bonds is 3. The summed E-state index contributed by atoms with van der Waals surface area (Å²) in [6, 6.07) is 0. The minimum atomic E-state index is -0.561. The number of hydrogen-bond donors (Lipinski definition) is 0. The first-order valence-corrected chi connectivity index (χ1v) is 10.5. The lowest BCUT2D eigenvalue weighted by Crippen LogP contribution is -2.63. The van der Waals surface area contributed by atoms with Gasteiger partial charge >= 0.3 is 0 Å². The summed E-state index contributed by atoms with van der Waals surface area (Å²) in [4.78, 5) is 55.1. The molecule has 2 saturated heterocycles. The van der Waals surface area contributed by atoms with Gasteiger partial charge in [-0.25, -0.2) is 0 Å². The lowest BCUT2D eigenvalue weighted by molar-refractivity contribution is -0.173. The number of imide groups is 2. The summed E-state index contributed by atoms with van der Waals surface area (Å²) in [7, 11) is 0. The molecule has 154 valence electrons. The average molecular weight is 389 g/mol. The summed E-state index contributed by atoms with van der Waals surface area (Å²) in [5.41, 5.74) is -1.83. The molecular formula is C22H32N2O4. The third-order valence-electron chi connectivity index (χ3n) is 9.56. The predicted molar refractivity (Wildman–Crippen MR) is 103 cm³/mol. The van der Waals surface area contributed by atoms with E-state index in [1.165, 1.54) is 9.80 Å². The minimum absolute atomic E-state index is 0.112. The van der Waals surface area contributed by atoms with E-state index in [1.807, 2.05) is 41.5 Å². The van der Waals surface area contributed by atoms with Gasteiger partial charge < -0.3 is 0 Å². The quantitative estimate of drug-likeness (QED) is 0.697. The monoisotopic (exact) mass is 388 g/mol. The Morgan fingerprint density at radius 2 is 1.00 bits per heavy atom. The average Bonchev–Trinajstić information content (AvgIpc) is 2.91. The van der Waals surface area contributed by atoms with E-state index in [4.69, 9.17) is 0 Å². The van der Waals surface area contributed by atoms with Crippen LogP contribution in [-0.4, -0.2) is 46.5 Å². The van der Waals surface area contributed by atoms with Crippen LogP contribution in [-0.2, 0) is 19.2 Å². The maximum absolute atomic E-state index is 13.2. The molecule has 4 atom stereocenters. The van der Waals surface area contributed by atoms with Crippen LogP contribution in [0.25, 0.3) is 0 Å². The van der Waals surface area contributed by atoms with Crippen molar-refractivity contribution in [1.29, 1.82) is 0 Å². The van der Waals surface area contributed by atoms with Crippen LogP contribution in [0.15, 0.2) is 0 Å². The molecule has 2 saturated carbocycles. The van der Waals surface area contributed by atoms with Gasteiger partial charge in [-0.15, -0.1) is 0 Å². The van der Waals surface area contributed by atoms with Gasteiger partial charge in [0.15, 0.2) is 0 Å². The second-order valence-corrected chi connectivity index (χ2v) is 10.9. The number of likely N-dealkylation sites (tertiary alicyclic amines) is 2. The largest absolute Gasteiger partial charge is 0.280 e. The number of nitrogens with zero attached hydrogens (tertiary/aromatic N) is 2. The SMILES string of the molecule is CC1(C)[C@@H]2CC[C@]1(C)C(=O)N(CCN1C(=O)[C@H]3CC[C@](C)(C1=O)C3(C)C)C2=O. The molecule has 2 aliphatic heterocycles. The number of amides is 4. The summed E-state index contributed by atoms with van der Waals surface area (Å²) >= 11 is 0. The highest BCUT2D eigenvalue weighted by atomic mass is 16.2. The Bertz CT molecular complexity index is 734. The zero-order valence-corrected chi connectivity index (χ0v) is 17.9. The Morgan fingerprint density at radius 3 is 1.32 bits per heavy atom. The van der Waals surface area contributed by atoms with Crippen LogP contribution in [0.1, 0.15) is 67.2 Å². The van der Waals surface area contributed by atoms with E-state index in [1.54, 1.807) is 0 Å². The molecule has 4 rings (SSSR count). The first kappa shape index (κ1) is 19.6. The molecule has 0 radical (unpaired) electrons. The summed E-state index contributed by atoms with van der Waals surface area (Å²) in [6.45, 7) is 12.2. The Morgan fingerprint density at radius 1 is 0.679 bits per heavy atom. The van der Waals surface area contributed by atoms with Crippen molar-refractivity contribution in [3.05, 3.63) is 0 Å². The molecule has 2 heterocycles. The summed E-state index contributed by atoms with van der Waals surface area (Å²) in [6.07, 6.45) is 2.87. The van der Waals surface area contributed by atoms with Crippen LogP contribution in [0.5, 0.6) is 0 Å². The maximum atomic E-state index is 13.2. The number of hydrogen-bond acceptors (Lipinski definition) is 4. The zero-order chi connectivity index (χ0) is 20.9. The van der Waals surface area contributed by atoms with Crippen molar-refractivity contribution in [2.45, 2.75) is 67.2 Å². The third kappa shape index (κ3) is 1.99. The van der Waals surface area contributed by atoms with Gasteiger partial charge in [0.2, 0.25) is 23.6 Å². The van der Waals surface area contributed by atoms with E-state index in [-0.39, 0.29) is 59.4 Å². The molecule has 28 heavy (non-hydrogen) atoms. The fraction of sp³-hybridized carbons (Fsp3) is 0.818. The molecular weight excluding hydrogens is 356 g/mol. The molecule has 4 bridgehead atoms. The van der Waals surface area contributed by atoms with Crippen LogP contribution < -0.4 is 0 Å². The highest BCUT2D eigenvalue weighted by Crippen LogP contribution is 2.61. The first-order valence-electron chi connectivity index (χ1n) is 10.5. The molecule has 4 fully saturated rings. The van der Waals surface area contributed by atoms with Gasteiger partial charge in [0.25, 0.3) is 0 Å². The van der Waals surface area contributed by atoms with Crippen molar-refractivity contribution in [3.8, 4) is 0 Å². The van der Waals surface area contributed by atoms with Crippen LogP contribution in [0.3, 0.4) is 0 Å². The summed E-state index contributed by atoms with van der Waals surface area (Å²) in [5, 5.41) is 0. The highest BCUT2D eigenvalue weighted by Gasteiger charge is 2.66. The van der Waals surface area contributed by atoms with Gasteiger partial charge in [0, 0.05) is 24.9 Å². The predicted octanol–water partition coefficient (Wildman–Crippen LogP) is 2.61. The maximum Gasteiger partial charge on any atom is 0.235 e. The molecule has 4 amide bonds. The number of piperidine rings is 2. The van der Waals surface area contributed by atoms with Gasteiger partial charge in [0.05, 0.1) is 10.8 Å². The lowest BCUT2D eigenvalue weighted by Gasteiger charge is -2.49. The van der Waals surface area contributed by atoms with Crippen LogP contribution in [0.4, 0.5) is 0 Å². The van der Waals surface area contributed by atoms with E-state index in [0.29, 0.717) is 12.8 Å². The first-order chi connectivity index (χ1) is 12.8. The fourth-order valence-corrected chi connectivity index (χ4v) is 6.43. The lowest BCUT2D eigenvalue weighted by atomic mass is 9.62. The molecule has 0 N–H and O–H groups in total. The molecule has 6 nitrogen and oxygen atoms in total. The van der Waals surface area contributed by atoms with Gasteiger partial charge in [-0.3, -0.25) is 29.0 Å².